The predicted molar refractivity (Wildman–Crippen MR) is 78.2 cm³/mol. The van der Waals surface area contributed by atoms with Crippen molar-refractivity contribution in [3.05, 3.63) is 29.6 Å². The van der Waals surface area contributed by atoms with E-state index < -0.39 is 15.7 Å². The van der Waals surface area contributed by atoms with Gasteiger partial charge in [-0.2, -0.15) is 0 Å². The Morgan fingerprint density at radius 3 is 2.65 bits per heavy atom. The molecule has 0 fully saturated rings. The van der Waals surface area contributed by atoms with E-state index in [0.717, 1.165) is 12.8 Å². The quantitative estimate of drug-likeness (QED) is 0.798. The molecule has 0 amide bonds. The third kappa shape index (κ3) is 6.34. The lowest BCUT2D eigenvalue weighted by Crippen LogP contribution is -2.20. The standard InChI is InChI=1S/C14H22FNO3S/c1-11(2)9-16-10-12-5-4-6-13(15)14(12)19-7-8-20(3,17)18/h4-6,11,16H,7-10H2,1-3H3. The number of halogens is 1. The Morgan fingerprint density at radius 2 is 2.05 bits per heavy atom. The highest BCUT2D eigenvalue weighted by molar-refractivity contribution is 7.90. The number of sulfone groups is 1. The van der Waals surface area contributed by atoms with Crippen LogP contribution < -0.4 is 10.1 Å². The number of nitrogens with one attached hydrogen (secondary N) is 1. The first kappa shape index (κ1) is 16.9. The number of ether oxygens (including phenoxy) is 1. The maximum Gasteiger partial charge on any atom is 0.165 e. The molecule has 0 unspecified atom stereocenters. The average Bonchev–Trinajstić information content (AvgIpc) is 2.30. The highest BCUT2D eigenvalue weighted by Crippen LogP contribution is 2.22. The largest absolute Gasteiger partial charge is 0.489 e. The summed E-state index contributed by atoms with van der Waals surface area (Å²) in [5, 5.41) is 3.21. The maximum absolute atomic E-state index is 13.8. The van der Waals surface area contributed by atoms with Crippen molar-refractivity contribution >= 4 is 9.84 Å². The van der Waals surface area contributed by atoms with Crippen LogP contribution in [0.5, 0.6) is 5.75 Å². The number of rotatable bonds is 8. The summed E-state index contributed by atoms with van der Waals surface area (Å²) in [4.78, 5) is 0. The molecule has 6 heteroatoms. The summed E-state index contributed by atoms with van der Waals surface area (Å²) in [5.74, 6) is 0.0353. The molecule has 0 spiro atoms. The Balaban J connectivity index is 2.67. The van der Waals surface area contributed by atoms with Gasteiger partial charge in [-0.3, -0.25) is 0 Å². The molecule has 0 saturated heterocycles. The van der Waals surface area contributed by atoms with Gasteiger partial charge in [-0.1, -0.05) is 26.0 Å². The summed E-state index contributed by atoms with van der Waals surface area (Å²) in [5.41, 5.74) is 0.694. The third-order valence-corrected chi connectivity index (χ3v) is 3.53. The molecule has 0 heterocycles. The minimum absolute atomic E-state index is 0.0447. The number of hydrogen-bond donors (Lipinski definition) is 1. The smallest absolute Gasteiger partial charge is 0.165 e. The summed E-state index contributed by atoms with van der Waals surface area (Å²) in [6.07, 6.45) is 1.13. The van der Waals surface area contributed by atoms with Gasteiger partial charge >= 0.3 is 0 Å². The molecule has 1 aromatic rings. The lowest BCUT2D eigenvalue weighted by molar-refractivity contribution is 0.317. The summed E-state index contributed by atoms with van der Waals surface area (Å²) in [7, 11) is -3.11. The van der Waals surface area contributed by atoms with Gasteiger partial charge in [0.15, 0.2) is 21.4 Å². The van der Waals surface area contributed by atoms with Crippen molar-refractivity contribution in [1.29, 1.82) is 0 Å². The van der Waals surface area contributed by atoms with E-state index in [1.807, 2.05) is 0 Å². The fourth-order valence-electron chi connectivity index (χ4n) is 1.64. The molecule has 0 bridgehead atoms. The number of para-hydroxylation sites is 1. The molecule has 0 aliphatic rings. The van der Waals surface area contributed by atoms with Crippen LogP contribution in [0.3, 0.4) is 0 Å². The van der Waals surface area contributed by atoms with Crippen LogP contribution in [0, 0.1) is 11.7 Å². The number of benzene rings is 1. The first-order valence-corrected chi connectivity index (χ1v) is 8.64. The minimum atomic E-state index is -3.11. The predicted octanol–water partition coefficient (Wildman–Crippen LogP) is 1.99. The van der Waals surface area contributed by atoms with Crippen molar-refractivity contribution in [2.75, 3.05) is 25.2 Å². The second-order valence-corrected chi connectivity index (χ2v) is 7.49. The van der Waals surface area contributed by atoms with Gasteiger partial charge in [0.05, 0.1) is 5.75 Å². The molecule has 0 aromatic heterocycles. The van der Waals surface area contributed by atoms with Crippen LogP contribution in [0.1, 0.15) is 19.4 Å². The van der Waals surface area contributed by atoms with Crippen LogP contribution in [0.2, 0.25) is 0 Å². The van der Waals surface area contributed by atoms with Crippen LogP contribution in [0.4, 0.5) is 4.39 Å². The minimum Gasteiger partial charge on any atom is -0.489 e. The molecule has 1 rings (SSSR count). The molecular formula is C14H22FNO3S. The summed E-state index contributed by atoms with van der Waals surface area (Å²) >= 11 is 0. The first-order valence-electron chi connectivity index (χ1n) is 6.58. The molecule has 0 saturated carbocycles. The third-order valence-electron chi connectivity index (χ3n) is 2.62. The lowest BCUT2D eigenvalue weighted by atomic mass is 10.1. The van der Waals surface area contributed by atoms with Gasteiger partial charge in [0.1, 0.15) is 6.61 Å². The van der Waals surface area contributed by atoms with E-state index >= 15 is 0 Å². The summed E-state index contributed by atoms with van der Waals surface area (Å²) < 4.78 is 41.2. The normalized spacial score (nSPS) is 11.8. The summed E-state index contributed by atoms with van der Waals surface area (Å²) in [6.45, 7) is 5.44. The van der Waals surface area contributed by atoms with Crippen LogP contribution in [-0.2, 0) is 16.4 Å². The SMILES string of the molecule is CC(C)CNCc1cccc(F)c1OCCS(C)(=O)=O. The molecule has 4 nitrogen and oxygen atoms in total. The molecule has 1 aromatic carbocycles. The van der Waals surface area contributed by atoms with Crippen LogP contribution in [0.25, 0.3) is 0 Å². The highest BCUT2D eigenvalue weighted by Gasteiger charge is 2.11. The van der Waals surface area contributed by atoms with Gasteiger partial charge in [0.2, 0.25) is 0 Å². The maximum atomic E-state index is 13.8. The van der Waals surface area contributed by atoms with Crippen LogP contribution in [-0.4, -0.2) is 33.6 Å². The van der Waals surface area contributed by atoms with Crippen molar-refractivity contribution in [3.8, 4) is 5.75 Å². The van der Waals surface area contributed by atoms with E-state index in [4.69, 9.17) is 4.74 Å². The van der Waals surface area contributed by atoms with E-state index in [-0.39, 0.29) is 18.1 Å². The van der Waals surface area contributed by atoms with Gasteiger partial charge < -0.3 is 10.1 Å². The zero-order chi connectivity index (χ0) is 15.2. The fourth-order valence-corrected chi connectivity index (χ4v) is 2.03. The van der Waals surface area contributed by atoms with E-state index in [9.17, 15) is 12.8 Å². The molecule has 114 valence electrons. The summed E-state index contributed by atoms with van der Waals surface area (Å²) in [6, 6.07) is 4.69. The van der Waals surface area contributed by atoms with E-state index in [1.54, 1.807) is 12.1 Å². The topological polar surface area (TPSA) is 55.4 Å². The van der Waals surface area contributed by atoms with Crippen molar-refractivity contribution in [1.82, 2.24) is 5.32 Å². The Kier molecular flexibility index (Phi) is 6.42. The van der Waals surface area contributed by atoms with E-state index in [1.165, 1.54) is 6.07 Å². The molecule has 0 aliphatic heterocycles. The molecule has 0 atom stereocenters. The average molecular weight is 303 g/mol. The lowest BCUT2D eigenvalue weighted by Gasteiger charge is -2.13. The van der Waals surface area contributed by atoms with E-state index in [0.29, 0.717) is 18.0 Å². The second kappa shape index (κ2) is 7.59. The van der Waals surface area contributed by atoms with Gasteiger partial charge in [-0.25, -0.2) is 12.8 Å². The second-order valence-electron chi connectivity index (χ2n) is 5.23. The zero-order valence-electron chi connectivity index (χ0n) is 12.1. The monoisotopic (exact) mass is 303 g/mol. The van der Waals surface area contributed by atoms with Crippen molar-refractivity contribution in [2.24, 2.45) is 5.92 Å². The molecule has 20 heavy (non-hydrogen) atoms. The van der Waals surface area contributed by atoms with Crippen molar-refractivity contribution in [2.45, 2.75) is 20.4 Å². The van der Waals surface area contributed by atoms with Gasteiger partial charge in [-0.15, -0.1) is 0 Å². The highest BCUT2D eigenvalue weighted by atomic mass is 32.2. The molecule has 0 radical (unpaired) electrons. The molecule has 1 N–H and O–H groups in total. The van der Waals surface area contributed by atoms with E-state index in [2.05, 4.69) is 19.2 Å². The Morgan fingerprint density at radius 1 is 1.35 bits per heavy atom. The molecular weight excluding hydrogens is 281 g/mol. The van der Waals surface area contributed by atoms with Gasteiger partial charge in [0.25, 0.3) is 0 Å². The molecule has 0 aliphatic carbocycles. The van der Waals surface area contributed by atoms with Crippen LogP contribution >= 0.6 is 0 Å². The first-order chi connectivity index (χ1) is 9.29. The Bertz CT molecular complexity index is 529. The Hall–Kier alpha value is -1.14. The fraction of sp³-hybridized carbons (Fsp3) is 0.571. The van der Waals surface area contributed by atoms with Crippen LogP contribution in [0.15, 0.2) is 18.2 Å². The van der Waals surface area contributed by atoms with Gasteiger partial charge in [0, 0.05) is 18.4 Å². The zero-order valence-corrected chi connectivity index (χ0v) is 13.0. The van der Waals surface area contributed by atoms with Crippen molar-refractivity contribution in [3.63, 3.8) is 0 Å². The van der Waals surface area contributed by atoms with Crippen molar-refractivity contribution < 1.29 is 17.5 Å². The number of hydrogen-bond acceptors (Lipinski definition) is 4. The van der Waals surface area contributed by atoms with Gasteiger partial charge in [-0.05, 0) is 18.5 Å². The Labute approximate surface area is 120 Å².